The van der Waals surface area contributed by atoms with Crippen molar-refractivity contribution in [3.63, 3.8) is 0 Å². The van der Waals surface area contributed by atoms with Crippen LogP contribution in [0.2, 0.25) is 0 Å². The molecule has 5 nitrogen and oxygen atoms in total. The second-order valence-electron chi connectivity index (χ2n) is 7.92. The van der Waals surface area contributed by atoms with Crippen LogP contribution in [-0.4, -0.2) is 37.1 Å². The Balaban J connectivity index is 1.35. The van der Waals surface area contributed by atoms with E-state index >= 15 is 0 Å². The molecule has 0 bridgehead atoms. The second-order valence-corrected chi connectivity index (χ2v) is 7.92. The fourth-order valence-electron chi connectivity index (χ4n) is 4.22. The van der Waals surface area contributed by atoms with Gasteiger partial charge in [0.1, 0.15) is 5.69 Å². The topological polar surface area (TPSA) is 57.3 Å². The van der Waals surface area contributed by atoms with Crippen molar-refractivity contribution < 1.29 is 18.0 Å². The van der Waals surface area contributed by atoms with Gasteiger partial charge in [0, 0.05) is 50.5 Å². The van der Waals surface area contributed by atoms with E-state index in [0.717, 1.165) is 24.7 Å². The first-order valence-corrected chi connectivity index (χ1v) is 10.3. The number of aromatic nitrogens is 1. The summed E-state index contributed by atoms with van der Waals surface area (Å²) in [7, 11) is 0. The summed E-state index contributed by atoms with van der Waals surface area (Å²) in [5, 5.41) is 6.14. The van der Waals surface area contributed by atoms with E-state index in [1.807, 2.05) is 12.1 Å². The van der Waals surface area contributed by atoms with Gasteiger partial charge in [0.25, 0.3) is 0 Å². The maximum Gasteiger partial charge on any atom is 0.433 e. The molecule has 30 heavy (non-hydrogen) atoms. The van der Waals surface area contributed by atoms with Gasteiger partial charge < -0.3 is 15.5 Å². The molecule has 0 aliphatic carbocycles. The number of alkyl halides is 3. The highest BCUT2D eigenvalue weighted by molar-refractivity contribution is 5.80. The Morgan fingerprint density at radius 3 is 2.47 bits per heavy atom. The first-order valence-electron chi connectivity index (χ1n) is 10.3. The molecule has 8 heteroatoms. The number of pyridine rings is 1. The van der Waals surface area contributed by atoms with E-state index in [4.69, 9.17) is 0 Å². The van der Waals surface area contributed by atoms with Gasteiger partial charge in [-0.3, -0.25) is 9.78 Å². The van der Waals surface area contributed by atoms with Crippen molar-refractivity contribution in [3.8, 4) is 0 Å². The van der Waals surface area contributed by atoms with E-state index < -0.39 is 11.9 Å². The summed E-state index contributed by atoms with van der Waals surface area (Å²) in [6.07, 6.45) is -0.781. The zero-order chi connectivity index (χ0) is 21.1. The quantitative estimate of drug-likeness (QED) is 0.782. The molecule has 1 aromatic carbocycles. The van der Waals surface area contributed by atoms with Gasteiger partial charge in [0.15, 0.2) is 0 Å². The molecule has 0 radical (unpaired) electrons. The van der Waals surface area contributed by atoms with Crippen molar-refractivity contribution in [1.82, 2.24) is 15.6 Å². The van der Waals surface area contributed by atoms with Gasteiger partial charge in [-0.1, -0.05) is 18.2 Å². The minimum Gasteiger partial charge on any atom is -0.372 e. The number of nitrogens with zero attached hydrogens (tertiary/aromatic N) is 2. The van der Waals surface area contributed by atoms with Crippen molar-refractivity contribution in [2.75, 3.05) is 31.1 Å². The molecule has 0 unspecified atom stereocenters. The SMILES string of the molecule is O=C(NCc1ccc(N2CCCC2)cc1)[C@H]1CNC[C@@H]1c1ccc(C(F)(F)F)nc1. The van der Waals surface area contributed by atoms with Crippen LogP contribution < -0.4 is 15.5 Å². The molecule has 0 spiro atoms. The standard InChI is InChI=1S/C22H25F3N4O/c23-22(24,25)20-8-5-16(12-27-20)18-13-26-14-19(18)21(30)28-11-15-3-6-17(7-4-15)29-9-1-2-10-29/h3-8,12,18-19,26H,1-2,9-11,13-14H2,(H,28,30)/t18-,19+/m1/s1. The molecule has 4 rings (SSSR count). The maximum atomic E-state index is 12.7. The monoisotopic (exact) mass is 418 g/mol. The highest BCUT2D eigenvalue weighted by atomic mass is 19.4. The predicted molar refractivity (Wildman–Crippen MR) is 108 cm³/mol. The Kier molecular flexibility index (Phi) is 5.94. The lowest BCUT2D eigenvalue weighted by Gasteiger charge is -2.20. The number of anilines is 1. The fraction of sp³-hybridized carbons (Fsp3) is 0.455. The van der Waals surface area contributed by atoms with E-state index in [9.17, 15) is 18.0 Å². The molecule has 2 saturated heterocycles. The van der Waals surface area contributed by atoms with Gasteiger partial charge in [-0.25, -0.2) is 0 Å². The maximum absolute atomic E-state index is 12.7. The van der Waals surface area contributed by atoms with Crippen LogP contribution in [-0.2, 0) is 17.5 Å². The van der Waals surface area contributed by atoms with Crippen molar-refractivity contribution in [1.29, 1.82) is 0 Å². The summed E-state index contributed by atoms with van der Waals surface area (Å²) in [4.78, 5) is 18.6. The van der Waals surface area contributed by atoms with Gasteiger partial charge in [0.05, 0.1) is 5.92 Å². The smallest absolute Gasteiger partial charge is 0.372 e. The van der Waals surface area contributed by atoms with Crippen LogP contribution >= 0.6 is 0 Å². The summed E-state index contributed by atoms with van der Waals surface area (Å²) in [6.45, 7) is 3.63. The Hall–Kier alpha value is -2.61. The molecule has 2 aromatic rings. The summed E-state index contributed by atoms with van der Waals surface area (Å²) >= 11 is 0. The number of nitrogens with one attached hydrogen (secondary N) is 2. The third-order valence-corrected chi connectivity index (χ3v) is 5.93. The number of hydrogen-bond donors (Lipinski definition) is 2. The number of carbonyl (C=O) groups is 1. The number of carbonyl (C=O) groups excluding carboxylic acids is 1. The Bertz CT molecular complexity index is 861. The fourth-order valence-corrected chi connectivity index (χ4v) is 4.22. The van der Waals surface area contributed by atoms with Crippen LogP contribution in [0.25, 0.3) is 0 Å². The average molecular weight is 418 g/mol. The highest BCUT2D eigenvalue weighted by Crippen LogP contribution is 2.31. The summed E-state index contributed by atoms with van der Waals surface area (Å²) in [5.74, 6) is -0.641. The van der Waals surface area contributed by atoms with Gasteiger partial charge in [-0.2, -0.15) is 13.2 Å². The lowest BCUT2D eigenvalue weighted by molar-refractivity contribution is -0.141. The molecule has 160 valence electrons. The minimum absolute atomic E-state index is 0.103. The molecule has 1 aromatic heterocycles. The molecular weight excluding hydrogens is 393 g/mol. The van der Waals surface area contributed by atoms with Crippen LogP contribution in [0.1, 0.15) is 35.6 Å². The van der Waals surface area contributed by atoms with Crippen LogP contribution in [0, 0.1) is 5.92 Å². The molecule has 3 heterocycles. The molecular formula is C22H25F3N4O. The zero-order valence-electron chi connectivity index (χ0n) is 16.6. The van der Waals surface area contributed by atoms with Gasteiger partial charge in [-0.05, 0) is 42.2 Å². The lowest BCUT2D eigenvalue weighted by Crippen LogP contribution is -2.34. The van der Waals surface area contributed by atoms with E-state index in [1.165, 1.54) is 30.8 Å². The molecule has 2 fully saturated rings. The molecule has 2 atom stereocenters. The first-order chi connectivity index (χ1) is 14.4. The van der Waals surface area contributed by atoms with Crippen LogP contribution in [0.15, 0.2) is 42.6 Å². The Morgan fingerprint density at radius 2 is 1.83 bits per heavy atom. The molecule has 0 saturated carbocycles. The molecule has 2 N–H and O–H groups in total. The third-order valence-electron chi connectivity index (χ3n) is 5.93. The number of hydrogen-bond acceptors (Lipinski definition) is 4. The van der Waals surface area contributed by atoms with Crippen LogP contribution in [0.4, 0.5) is 18.9 Å². The minimum atomic E-state index is -4.46. The van der Waals surface area contributed by atoms with Crippen molar-refractivity contribution in [3.05, 3.63) is 59.4 Å². The number of benzene rings is 1. The van der Waals surface area contributed by atoms with Gasteiger partial charge in [0.2, 0.25) is 5.91 Å². The average Bonchev–Trinajstić information content (AvgIpc) is 3.44. The summed E-state index contributed by atoms with van der Waals surface area (Å²) in [6, 6.07) is 10.6. The molecule has 2 aliphatic heterocycles. The van der Waals surface area contributed by atoms with Crippen molar-refractivity contribution in [2.24, 2.45) is 5.92 Å². The number of halogens is 3. The van der Waals surface area contributed by atoms with Crippen LogP contribution in [0.3, 0.4) is 0 Å². The third kappa shape index (κ3) is 4.59. The Morgan fingerprint density at radius 1 is 1.10 bits per heavy atom. The highest BCUT2D eigenvalue weighted by Gasteiger charge is 2.36. The van der Waals surface area contributed by atoms with Crippen molar-refractivity contribution >= 4 is 11.6 Å². The first kappa shape index (κ1) is 20.7. The van der Waals surface area contributed by atoms with E-state index in [1.54, 1.807) is 0 Å². The number of rotatable bonds is 5. The molecule has 2 aliphatic rings. The normalized spacial score (nSPS) is 21.8. The summed E-state index contributed by atoms with van der Waals surface area (Å²) in [5.41, 5.74) is 1.95. The van der Waals surface area contributed by atoms with Crippen molar-refractivity contribution in [2.45, 2.75) is 31.5 Å². The largest absolute Gasteiger partial charge is 0.433 e. The van der Waals surface area contributed by atoms with Gasteiger partial charge >= 0.3 is 6.18 Å². The lowest BCUT2D eigenvalue weighted by atomic mass is 9.89. The Labute approximate surface area is 173 Å². The van der Waals surface area contributed by atoms with Crippen LogP contribution in [0.5, 0.6) is 0 Å². The summed E-state index contributed by atoms with van der Waals surface area (Å²) < 4.78 is 38.2. The van der Waals surface area contributed by atoms with E-state index in [-0.39, 0.29) is 17.7 Å². The van der Waals surface area contributed by atoms with Gasteiger partial charge in [-0.15, -0.1) is 0 Å². The van der Waals surface area contributed by atoms with E-state index in [0.29, 0.717) is 25.2 Å². The second kappa shape index (κ2) is 8.63. The molecule has 1 amide bonds. The van der Waals surface area contributed by atoms with E-state index in [2.05, 4.69) is 32.7 Å². The predicted octanol–water partition coefficient (Wildman–Crippen LogP) is 3.32. The number of amides is 1. The zero-order valence-corrected chi connectivity index (χ0v) is 16.6.